The van der Waals surface area contributed by atoms with Crippen LogP contribution in [-0.2, 0) is 17.6 Å². The highest BCUT2D eigenvalue weighted by molar-refractivity contribution is 5.96. The zero-order valence-corrected chi connectivity index (χ0v) is 16.9. The summed E-state index contributed by atoms with van der Waals surface area (Å²) in [7, 11) is 0. The van der Waals surface area contributed by atoms with Crippen molar-refractivity contribution in [2.24, 2.45) is 0 Å². The fourth-order valence-corrected chi connectivity index (χ4v) is 4.38. The van der Waals surface area contributed by atoms with Crippen LogP contribution in [0, 0.1) is 0 Å². The van der Waals surface area contributed by atoms with Crippen molar-refractivity contribution in [2.75, 3.05) is 11.4 Å². The van der Waals surface area contributed by atoms with Crippen LogP contribution in [0.4, 0.5) is 5.69 Å². The first-order chi connectivity index (χ1) is 14.1. The lowest BCUT2D eigenvalue weighted by molar-refractivity contribution is -0.117. The minimum atomic E-state index is -0.0630. The largest absolute Gasteiger partial charge is 0.339 e. The van der Waals surface area contributed by atoms with Crippen LogP contribution in [0.2, 0.25) is 0 Å². The fraction of sp³-hybridized carbons (Fsp3) is 0.375. The number of carbonyl (C=O) groups excluding carboxylic acids is 1. The number of aromatic nitrogens is 2. The molecule has 1 aromatic heterocycles. The first-order valence-electron chi connectivity index (χ1n) is 10.4. The molecule has 5 heteroatoms. The summed E-state index contributed by atoms with van der Waals surface area (Å²) in [5, 5.41) is 4.16. The Morgan fingerprint density at radius 1 is 1.07 bits per heavy atom. The van der Waals surface area contributed by atoms with E-state index in [1.807, 2.05) is 17.0 Å². The number of anilines is 1. The van der Waals surface area contributed by atoms with Gasteiger partial charge in [0.2, 0.25) is 17.6 Å². The summed E-state index contributed by atoms with van der Waals surface area (Å²) < 4.78 is 5.55. The van der Waals surface area contributed by atoms with Gasteiger partial charge in [-0.3, -0.25) is 4.79 Å². The molecule has 1 saturated heterocycles. The van der Waals surface area contributed by atoms with E-state index in [0.717, 1.165) is 24.1 Å². The second-order valence-electron chi connectivity index (χ2n) is 8.44. The molecule has 5 nitrogen and oxygen atoms in total. The van der Waals surface area contributed by atoms with Gasteiger partial charge in [-0.1, -0.05) is 49.3 Å². The van der Waals surface area contributed by atoms with E-state index in [1.165, 1.54) is 23.1 Å². The highest BCUT2D eigenvalue weighted by Gasteiger charge is 2.35. The molecule has 1 fully saturated rings. The molecule has 148 valence electrons. The standard InChI is InChI=1S/C24H25N3O2/c1-15(2)16-6-8-18(9-7-16)23-25-24(29-26-23)20-13-22(28)27(14-20)21-11-10-17-4-3-5-19(17)12-21/h6-12,15,20H,3-5,13-14H2,1-2H3. The third-order valence-corrected chi connectivity index (χ3v) is 6.15. The van der Waals surface area contributed by atoms with Gasteiger partial charge in [0.25, 0.3) is 0 Å². The zero-order chi connectivity index (χ0) is 20.0. The van der Waals surface area contributed by atoms with Gasteiger partial charge in [-0.2, -0.15) is 4.98 Å². The van der Waals surface area contributed by atoms with Crippen molar-refractivity contribution in [3.8, 4) is 11.4 Å². The van der Waals surface area contributed by atoms with Gasteiger partial charge in [-0.15, -0.1) is 0 Å². The van der Waals surface area contributed by atoms with E-state index < -0.39 is 0 Å². The molecular weight excluding hydrogens is 362 g/mol. The van der Waals surface area contributed by atoms with Crippen LogP contribution in [0.5, 0.6) is 0 Å². The molecule has 2 heterocycles. The van der Waals surface area contributed by atoms with E-state index in [0.29, 0.717) is 30.6 Å². The van der Waals surface area contributed by atoms with Crippen molar-refractivity contribution in [2.45, 2.75) is 51.4 Å². The number of hydrogen-bond acceptors (Lipinski definition) is 4. The number of amides is 1. The average molecular weight is 387 g/mol. The third kappa shape index (κ3) is 3.35. The van der Waals surface area contributed by atoms with Gasteiger partial charge in [0.05, 0.1) is 5.92 Å². The molecular formula is C24H25N3O2. The number of fused-ring (bicyclic) bond motifs is 1. The highest BCUT2D eigenvalue weighted by atomic mass is 16.5. The van der Waals surface area contributed by atoms with Crippen LogP contribution in [0.3, 0.4) is 0 Å². The predicted molar refractivity (Wildman–Crippen MR) is 112 cm³/mol. The Bertz CT molecular complexity index is 1050. The predicted octanol–water partition coefficient (Wildman–Crippen LogP) is 4.87. The first-order valence-corrected chi connectivity index (χ1v) is 10.4. The molecule has 0 bridgehead atoms. The Morgan fingerprint density at radius 3 is 2.66 bits per heavy atom. The van der Waals surface area contributed by atoms with Crippen molar-refractivity contribution >= 4 is 11.6 Å². The quantitative estimate of drug-likeness (QED) is 0.641. The number of rotatable bonds is 4. The summed E-state index contributed by atoms with van der Waals surface area (Å²) in [4.78, 5) is 19.1. The Morgan fingerprint density at radius 2 is 1.86 bits per heavy atom. The van der Waals surface area contributed by atoms with Crippen LogP contribution in [0.25, 0.3) is 11.4 Å². The summed E-state index contributed by atoms with van der Waals surface area (Å²) in [5.74, 6) is 1.67. The zero-order valence-electron chi connectivity index (χ0n) is 16.9. The summed E-state index contributed by atoms with van der Waals surface area (Å²) in [6.07, 6.45) is 3.87. The molecule has 1 aliphatic carbocycles. The van der Waals surface area contributed by atoms with Gasteiger partial charge in [0.1, 0.15) is 0 Å². The highest BCUT2D eigenvalue weighted by Crippen LogP contribution is 2.34. The lowest BCUT2D eigenvalue weighted by Crippen LogP contribution is -2.24. The van der Waals surface area contributed by atoms with Crippen molar-refractivity contribution in [3.05, 3.63) is 65.0 Å². The molecule has 1 aliphatic heterocycles. The molecule has 1 atom stereocenters. The van der Waals surface area contributed by atoms with E-state index in [1.54, 1.807) is 0 Å². The number of carbonyl (C=O) groups is 1. The summed E-state index contributed by atoms with van der Waals surface area (Å²) in [6, 6.07) is 14.7. The van der Waals surface area contributed by atoms with Gasteiger partial charge < -0.3 is 9.42 Å². The number of hydrogen-bond donors (Lipinski definition) is 0. The van der Waals surface area contributed by atoms with E-state index in [4.69, 9.17) is 4.52 Å². The monoisotopic (exact) mass is 387 g/mol. The van der Waals surface area contributed by atoms with Crippen LogP contribution in [0.15, 0.2) is 47.0 Å². The molecule has 0 N–H and O–H groups in total. The van der Waals surface area contributed by atoms with Crippen LogP contribution in [0.1, 0.15) is 61.1 Å². The average Bonchev–Trinajstić information content (AvgIpc) is 3.46. The molecule has 29 heavy (non-hydrogen) atoms. The summed E-state index contributed by atoms with van der Waals surface area (Å²) in [6.45, 7) is 4.93. The molecule has 1 amide bonds. The second-order valence-corrected chi connectivity index (χ2v) is 8.44. The number of aryl methyl sites for hydroxylation is 2. The molecule has 1 unspecified atom stereocenters. The van der Waals surface area contributed by atoms with Crippen molar-refractivity contribution in [3.63, 3.8) is 0 Å². The van der Waals surface area contributed by atoms with E-state index in [2.05, 4.69) is 54.3 Å². The van der Waals surface area contributed by atoms with E-state index in [9.17, 15) is 4.79 Å². The Labute approximate surface area is 170 Å². The van der Waals surface area contributed by atoms with Gasteiger partial charge >= 0.3 is 0 Å². The van der Waals surface area contributed by atoms with E-state index in [-0.39, 0.29) is 11.8 Å². The summed E-state index contributed by atoms with van der Waals surface area (Å²) >= 11 is 0. The molecule has 0 radical (unpaired) electrons. The Balaban J connectivity index is 1.34. The molecule has 0 spiro atoms. The first kappa shape index (κ1) is 18.1. The van der Waals surface area contributed by atoms with Crippen LogP contribution < -0.4 is 4.90 Å². The second kappa shape index (κ2) is 7.14. The lowest BCUT2D eigenvalue weighted by atomic mass is 10.0. The van der Waals surface area contributed by atoms with Gasteiger partial charge in [-0.05, 0) is 54.0 Å². The molecule has 5 rings (SSSR count). The van der Waals surface area contributed by atoms with E-state index >= 15 is 0 Å². The smallest absolute Gasteiger partial charge is 0.232 e. The van der Waals surface area contributed by atoms with Crippen LogP contribution >= 0.6 is 0 Å². The van der Waals surface area contributed by atoms with Crippen LogP contribution in [-0.4, -0.2) is 22.6 Å². The van der Waals surface area contributed by atoms with Gasteiger partial charge in [0.15, 0.2) is 0 Å². The van der Waals surface area contributed by atoms with Gasteiger partial charge in [0, 0.05) is 24.2 Å². The minimum absolute atomic E-state index is 0.0630. The summed E-state index contributed by atoms with van der Waals surface area (Å²) in [5.41, 5.74) is 6.00. The molecule has 2 aromatic carbocycles. The maximum Gasteiger partial charge on any atom is 0.232 e. The Hall–Kier alpha value is -2.95. The number of nitrogens with zero attached hydrogens (tertiary/aromatic N) is 3. The fourth-order valence-electron chi connectivity index (χ4n) is 4.38. The molecule has 0 saturated carbocycles. The maximum absolute atomic E-state index is 12.7. The lowest BCUT2D eigenvalue weighted by Gasteiger charge is -2.17. The Kier molecular flexibility index (Phi) is 4.46. The van der Waals surface area contributed by atoms with Gasteiger partial charge in [-0.25, -0.2) is 0 Å². The van der Waals surface area contributed by atoms with Crippen molar-refractivity contribution < 1.29 is 9.32 Å². The molecule has 2 aliphatic rings. The van der Waals surface area contributed by atoms with Crippen molar-refractivity contribution in [1.82, 2.24) is 10.1 Å². The molecule has 3 aromatic rings. The van der Waals surface area contributed by atoms with Crippen molar-refractivity contribution in [1.29, 1.82) is 0 Å². The minimum Gasteiger partial charge on any atom is -0.339 e. The number of benzene rings is 2. The third-order valence-electron chi connectivity index (χ3n) is 6.15. The SMILES string of the molecule is CC(C)c1ccc(-c2noc(C3CC(=O)N(c4ccc5c(c4)CCC5)C3)n2)cc1. The maximum atomic E-state index is 12.7. The topological polar surface area (TPSA) is 59.2 Å². The normalized spacial score (nSPS) is 18.7.